The first kappa shape index (κ1) is 32.1. The van der Waals surface area contributed by atoms with Crippen molar-refractivity contribution in [3.8, 4) is 5.75 Å². The maximum Gasteiger partial charge on any atom is 0.377 e. The maximum absolute atomic E-state index is 13.2. The molecule has 1 aliphatic carbocycles. The van der Waals surface area contributed by atoms with E-state index in [9.17, 15) is 14.7 Å². The molecule has 0 amide bonds. The van der Waals surface area contributed by atoms with E-state index in [1.54, 1.807) is 36.4 Å². The molecule has 7 atom stereocenters. The predicted molar refractivity (Wildman–Crippen MR) is 155 cm³/mol. The summed E-state index contributed by atoms with van der Waals surface area (Å²) < 4.78 is 34.9. The Kier molecular flexibility index (Phi) is 12.4. The molecule has 0 aromatic heterocycles. The van der Waals surface area contributed by atoms with E-state index >= 15 is 0 Å². The summed E-state index contributed by atoms with van der Waals surface area (Å²) in [5.41, 5.74) is 3.04. The molecule has 1 aromatic rings. The average Bonchev–Trinajstić information content (AvgIpc) is 3.29. The number of carboxylic acids is 1. The number of para-hydroxylation sites is 1. The molecule has 4 rings (SSSR count). The lowest BCUT2D eigenvalue weighted by molar-refractivity contribution is -0.202. The molecule has 1 aromatic carbocycles. The van der Waals surface area contributed by atoms with Crippen LogP contribution >= 0.6 is 0 Å². The van der Waals surface area contributed by atoms with Crippen LogP contribution in [-0.2, 0) is 33.3 Å². The van der Waals surface area contributed by atoms with E-state index < -0.39 is 11.8 Å². The van der Waals surface area contributed by atoms with Gasteiger partial charge in [0.05, 0.1) is 18.6 Å². The molecule has 0 spiro atoms. The highest BCUT2D eigenvalue weighted by Crippen LogP contribution is 2.37. The monoisotopic (exact) mass is 584 g/mol. The standard InChI is InChI=1S/C33H44O9/c1-24(40-30-16-8-11-21-38-30)18-19-27-26(28(34)23-29(27)41-31-17-9-12-22-39-31)15-7-4-10-20-33(37-2,32(35)36)42-25-13-5-3-6-14-25/h3,5-7,10,13-14,18-19,24,26-27,29-31H,8-9,11-12,15-17,20-23H2,1-2H3,(H,35,36)/t4?,24?,26-,27-,29?,30?,31?,33?/m1/s1/i40+0,41+0. The van der Waals surface area contributed by atoms with Crippen LogP contribution in [0, 0.1) is 11.8 Å². The molecule has 9 heteroatoms. The number of hydrogen-bond donors (Lipinski definition) is 1. The first-order valence-electron chi connectivity index (χ1n) is 15.1. The summed E-state index contributed by atoms with van der Waals surface area (Å²) in [6.45, 7) is 3.36. The number of methoxy groups -OCH3 is 1. The first-order valence-corrected chi connectivity index (χ1v) is 15.1. The van der Waals surface area contributed by atoms with E-state index in [0.717, 1.165) is 38.5 Å². The van der Waals surface area contributed by atoms with E-state index in [4.69, 9.17) is 28.4 Å². The molecule has 9 nitrogen and oxygen atoms in total. The minimum Gasteiger partial charge on any atom is -0.476 e. The maximum atomic E-state index is 13.2. The van der Waals surface area contributed by atoms with Crippen LogP contribution in [0.25, 0.3) is 0 Å². The van der Waals surface area contributed by atoms with Crippen molar-refractivity contribution in [2.24, 2.45) is 11.8 Å². The average molecular weight is 585 g/mol. The van der Waals surface area contributed by atoms with Gasteiger partial charge in [0.1, 0.15) is 11.5 Å². The Morgan fingerprint density at radius 1 is 1.10 bits per heavy atom. The zero-order valence-corrected chi connectivity index (χ0v) is 24.7. The second kappa shape index (κ2) is 16.2. The summed E-state index contributed by atoms with van der Waals surface area (Å²) in [5, 5.41) is 9.85. The van der Waals surface area contributed by atoms with Crippen molar-refractivity contribution in [1.29, 1.82) is 0 Å². The Labute approximate surface area is 248 Å². The van der Waals surface area contributed by atoms with Crippen LogP contribution in [0.4, 0.5) is 0 Å². The fraction of sp³-hybridized carbons (Fsp3) is 0.606. The molecule has 0 bridgehead atoms. The fourth-order valence-corrected chi connectivity index (χ4v) is 5.58. The molecule has 5 unspecified atom stereocenters. The predicted octanol–water partition coefficient (Wildman–Crippen LogP) is 5.59. The van der Waals surface area contributed by atoms with Crippen molar-refractivity contribution in [2.45, 2.75) is 95.3 Å². The van der Waals surface area contributed by atoms with E-state index in [2.05, 4.69) is 5.73 Å². The number of hydrogen-bond acceptors (Lipinski definition) is 8. The van der Waals surface area contributed by atoms with E-state index in [1.807, 2.05) is 25.1 Å². The van der Waals surface area contributed by atoms with Gasteiger partial charge in [-0.3, -0.25) is 4.79 Å². The summed E-state index contributed by atoms with van der Waals surface area (Å²) in [6.07, 6.45) is 13.0. The molecule has 2 heterocycles. The van der Waals surface area contributed by atoms with Crippen molar-refractivity contribution in [2.75, 3.05) is 20.3 Å². The summed E-state index contributed by atoms with van der Waals surface area (Å²) in [5.74, 6) is -3.10. The smallest absolute Gasteiger partial charge is 0.377 e. The second-order valence-corrected chi connectivity index (χ2v) is 11.0. The van der Waals surface area contributed by atoms with Gasteiger partial charge in [0.2, 0.25) is 0 Å². The topological polar surface area (TPSA) is 110 Å². The number of ether oxygens (including phenoxy) is 6. The minimum absolute atomic E-state index is 0.0744. The lowest BCUT2D eigenvalue weighted by atomic mass is 9.90. The molecular weight excluding hydrogens is 540 g/mol. The summed E-state index contributed by atoms with van der Waals surface area (Å²) in [6, 6.07) is 8.66. The van der Waals surface area contributed by atoms with Gasteiger partial charge in [-0.25, -0.2) is 4.79 Å². The largest absolute Gasteiger partial charge is 0.476 e. The molecular formula is C33H44O9. The number of rotatable bonds is 14. The highest BCUT2D eigenvalue weighted by Gasteiger charge is 2.43. The third-order valence-corrected chi connectivity index (χ3v) is 7.94. The molecule has 3 aliphatic rings. The SMILES string of the molecule is COC(CC=C=CC[C@H]1C(=O)CC([16O]C2CCCCO2)[C@@H]1C=CC(C)[16O]C1CCCCO1)(Oc1ccccc1)C(=O)O. The quantitative estimate of drug-likeness (QED) is 0.170. The molecule has 2 saturated heterocycles. The van der Waals surface area contributed by atoms with Gasteiger partial charge in [-0.1, -0.05) is 30.4 Å². The van der Waals surface area contributed by atoms with Crippen LogP contribution in [0.2, 0.25) is 0 Å². The van der Waals surface area contributed by atoms with Crippen molar-refractivity contribution in [3.05, 3.63) is 60.4 Å². The highest BCUT2D eigenvalue weighted by molar-refractivity contribution is 5.85. The van der Waals surface area contributed by atoms with Crippen LogP contribution in [0.3, 0.4) is 0 Å². The lowest BCUT2D eigenvalue weighted by Crippen LogP contribution is -2.46. The third-order valence-electron chi connectivity index (χ3n) is 7.94. The van der Waals surface area contributed by atoms with Crippen molar-refractivity contribution in [3.63, 3.8) is 0 Å². The molecule has 1 N–H and O–H groups in total. The zero-order chi connectivity index (χ0) is 29.8. The number of Topliss-reactive ketones (excluding diaryl/α,β-unsaturated/α-hetero) is 1. The van der Waals surface area contributed by atoms with Gasteiger partial charge < -0.3 is 33.5 Å². The highest BCUT2D eigenvalue weighted by atomic mass is 16.7. The summed E-state index contributed by atoms with van der Waals surface area (Å²) in [4.78, 5) is 25.2. The van der Waals surface area contributed by atoms with Gasteiger partial charge in [0, 0.05) is 38.6 Å². The molecule has 3 fully saturated rings. The minimum atomic E-state index is -1.90. The van der Waals surface area contributed by atoms with Gasteiger partial charge in [-0.15, -0.1) is 5.73 Å². The van der Waals surface area contributed by atoms with E-state index in [1.165, 1.54) is 7.11 Å². The molecule has 42 heavy (non-hydrogen) atoms. The number of carbonyl (C=O) groups is 2. The Hall–Kier alpha value is -2.78. The second-order valence-electron chi connectivity index (χ2n) is 11.0. The van der Waals surface area contributed by atoms with Crippen molar-refractivity contribution in [1.82, 2.24) is 0 Å². The summed E-state index contributed by atoms with van der Waals surface area (Å²) >= 11 is 0. The third kappa shape index (κ3) is 9.11. The van der Waals surface area contributed by atoms with Crippen LogP contribution < -0.4 is 4.74 Å². The van der Waals surface area contributed by atoms with Crippen LogP contribution in [0.5, 0.6) is 5.75 Å². The number of aliphatic carboxylic acids is 1. The van der Waals surface area contributed by atoms with Gasteiger partial charge in [0.25, 0.3) is 0 Å². The Morgan fingerprint density at radius 2 is 1.81 bits per heavy atom. The number of ketones is 1. The van der Waals surface area contributed by atoms with Crippen molar-refractivity contribution < 1.29 is 43.1 Å². The Morgan fingerprint density at radius 3 is 2.45 bits per heavy atom. The lowest BCUT2D eigenvalue weighted by Gasteiger charge is -2.29. The zero-order valence-electron chi connectivity index (χ0n) is 24.7. The Balaban J connectivity index is 1.43. The summed E-state index contributed by atoms with van der Waals surface area (Å²) in [7, 11) is 1.30. The van der Waals surface area contributed by atoms with Gasteiger partial charge in [0.15, 0.2) is 12.6 Å². The molecule has 0 radical (unpaired) electrons. The number of carbonyl (C=O) groups excluding carboxylic acids is 1. The van der Waals surface area contributed by atoms with Crippen LogP contribution in [-0.4, -0.2) is 67.8 Å². The van der Waals surface area contributed by atoms with Gasteiger partial charge >= 0.3 is 11.8 Å². The molecule has 2 aliphatic heterocycles. The first-order chi connectivity index (χ1) is 20.4. The van der Waals surface area contributed by atoms with Crippen molar-refractivity contribution >= 4 is 11.8 Å². The normalized spacial score (nSPS) is 28.5. The van der Waals surface area contributed by atoms with Gasteiger partial charge in [-0.2, -0.15) is 0 Å². The molecule has 1 saturated carbocycles. The Bertz CT molecular complexity index is 1080. The fourth-order valence-electron chi connectivity index (χ4n) is 5.58. The molecule has 230 valence electrons. The van der Waals surface area contributed by atoms with Crippen LogP contribution in [0.15, 0.2) is 60.4 Å². The van der Waals surface area contributed by atoms with E-state index in [0.29, 0.717) is 31.8 Å². The van der Waals surface area contributed by atoms with E-state index in [-0.39, 0.29) is 48.8 Å². The number of benzene rings is 1. The van der Waals surface area contributed by atoms with Gasteiger partial charge in [-0.05, 0) is 76.2 Å². The van der Waals surface area contributed by atoms with Crippen LogP contribution in [0.1, 0.15) is 64.7 Å². The number of carboxylic acid groups (broad SMARTS) is 1.